The molecule has 1 rings (SSSR count). The molecule has 13 heavy (non-hydrogen) atoms. The lowest BCUT2D eigenvalue weighted by Gasteiger charge is -2.07. The molecule has 0 saturated carbocycles. The third-order valence-electron chi connectivity index (χ3n) is 1.80. The van der Waals surface area contributed by atoms with Crippen molar-refractivity contribution in [3.05, 3.63) is 29.3 Å². The molecule has 0 bridgehead atoms. The third kappa shape index (κ3) is 2.85. The molecule has 0 amide bonds. The first-order valence-electron chi connectivity index (χ1n) is 4.07. The molecule has 3 heteroatoms. The van der Waals surface area contributed by atoms with E-state index in [-0.39, 0.29) is 0 Å². The molecule has 0 atom stereocenters. The molecule has 0 fully saturated rings. The van der Waals surface area contributed by atoms with Crippen molar-refractivity contribution in [3.8, 4) is 5.75 Å². The molecule has 1 aromatic carbocycles. The van der Waals surface area contributed by atoms with Gasteiger partial charge in [0.05, 0.1) is 0 Å². The Labute approximate surface area is 87.9 Å². The topological polar surface area (TPSA) is 20.2 Å². The molecular weight excluding hydrogens is 200 g/mol. The molecule has 0 aliphatic rings. The first kappa shape index (κ1) is 10.8. The van der Waals surface area contributed by atoms with Crippen LogP contribution in [-0.2, 0) is 11.5 Å². The Morgan fingerprint density at radius 2 is 1.54 bits per heavy atom. The van der Waals surface area contributed by atoms with Gasteiger partial charge in [-0.1, -0.05) is 18.2 Å². The summed E-state index contributed by atoms with van der Waals surface area (Å²) in [6.45, 7) is 0. The molecule has 0 heterocycles. The molecule has 1 nitrogen and oxygen atoms in total. The van der Waals surface area contributed by atoms with E-state index in [1.54, 1.807) is 23.5 Å². The SMILES string of the molecule is CSCc1cccc(CSC)c1O. The van der Waals surface area contributed by atoms with Crippen LogP contribution >= 0.6 is 23.5 Å². The minimum Gasteiger partial charge on any atom is -0.507 e. The van der Waals surface area contributed by atoms with Gasteiger partial charge in [-0.05, 0) is 12.5 Å². The summed E-state index contributed by atoms with van der Waals surface area (Å²) in [5.74, 6) is 2.24. The van der Waals surface area contributed by atoms with E-state index in [2.05, 4.69) is 0 Å². The summed E-state index contributed by atoms with van der Waals surface area (Å²) < 4.78 is 0. The Morgan fingerprint density at radius 3 is 1.92 bits per heavy atom. The first-order valence-corrected chi connectivity index (χ1v) is 6.86. The van der Waals surface area contributed by atoms with Gasteiger partial charge in [-0.25, -0.2) is 0 Å². The third-order valence-corrected chi connectivity index (χ3v) is 3.00. The zero-order valence-electron chi connectivity index (χ0n) is 7.91. The Kier molecular flexibility index (Phi) is 4.53. The summed E-state index contributed by atoms with van der Waals surface area (Å²) in [7, 11) is 0. The van der Waals surface area contributed by atoms with Crippen molar-refractivity contribution < 1.29 is 5.11 Å². The molecular formula is C10H14OS2. The Bertz CT molecular complexity index is 249. The van der Waals surface area contributed by atoms with E-state index < -0.39 is 0 Å². The quantitative estimate of drug-likeness (QED) is 0.831. The maximum Gasteiger partial charge on any atom is 0.123 e. The fraction of sp³-hybridized carbons (Fsp3) is 0.400. The Hall–Kier alpha value is -0.280. The van der Waals surface area contributed by atoms with Crippen molar-refractivity contribution >= 4 is 23.5 Å². The normalized spacial score (nSPS) is 10.3. The molecule has 0 radical (unpaired) electrons. The summed E-state index contributed by atoms with van der Waals surface area (Å²) in [4.78, 5) is 0. The van der Waals surface area contributed by atoms with Crippen molar-refractivity contribution in [2.45, 2.75) is 11.5 Å². The number of hydrogen-bond donors (Lipinski definition) is 1. The zero-order chi connectivity index (χ0) is 9.68. The maximum atomic E-state index is 9.82. The van der Waals surface area contributed by atoms with Crippen molar-refractivity contribution in [1.82, 2.24) is 0 Å². The van der Waals surface area contributed by atoms with Gasteiger partial charge in [0.1, 0.15) is 5.75 Å². The van der Waals surface area contributed by atoms with E-state index in [0.717, 1.165) is 22.6 Å². The number of phenolic OH excluding ortho intramolecular Hbond substituents is 1. The number of thioether (sulfide) groups is 2. The molecule has 1 aromatic rings. The second-order valence-electron chi connectivity index (χ2n) is 2.79. The number of hydrogen-bond acceptors (Lipinski definition) is 3. The van der Waals surface area contributed by atoms with Crippen LogP contribution in [0.1, 0.15) is 11.1 Å². The average molecular weight is 214 g/mol. The lowest BCUT2D eigenvalue weighted by Crippen LogP contribution is -1.87. The van der Waals surface area contributed by atoms with Crippen LogP contribution in [0.15, 0.2) is 18.2 Å². The van der Waals surface area contributed by atoms with E-state index in [1.807, 2.05) is 30.7 Å². The van der Waals surface area contributed by atoms with Crippen molar-refractivity contribution in [3.63, 3.8) is 0 Å². The van der Waals surface area contributed by atoms with Gasteiger partial charge in [0.25, 0.3) is 0 Å². The Balaban J connectivity index is 2.89. The van der Waals surface area contributed by atoms with Crippen LogP contribution in [0.4, 0.5) is 0 Å². The molecule has 1 N–H and O–H groups in total. The van der Waals surface area contributed by atoms with Crippen LogP contribution in [0.5, 0.6) is 5.75 Å². The molecule has 0 spiro atoms. The molecule has 0 aliphatic carbocycles. The summed E-state index contributed by atoms with van der Waals surface area (Å²) in [6, 6.07) is 5.97. The molecule has 0 saturated heterocycles. The summed E-state index contributed by atoms with van der Waals surface area (Å²) >= 11 is 3.46. The lowest BCUT2D eigenvalue weighted by molar-refractivity contribution is 0.466. The van der Waals surface area contributed by atoms with Gasteiger partial charge < -0.3 is 5.11 Å². The van der Waals surface area contributed by atoms with Crippen LogP contribution in [0.3, 0.4) is 0 Å². The average Bonchev–Trinajstić information content (AvgIpc) is 2.13. The van der Waals surface area contributed by atoms with E-state index in [1.165, 1.54) is 0 Å². The van der Waals surface area contributed by atoms with Crippen LogP contribution in [-0.4, -0.2) is 17.6 Å². The van der Waals surface area contributed by atoms with E-state index in [4.69, 9.17) is 0 Å². The van der Waals surface area contributed by atoms with Crippen LogP contribution in [0.25, 0.3) is 0 Å². The van der Waals surface area contributed by atoms with E-state index >= 15 is 0 Å². The fourth-order valence-corrected chi connectivity index (χ4v) is 2.28. The van der Waals surface area contributed by atoms with E-state index in [9.17, 15) is 5.11 Å². The predicted octanol–water partition coefficient (Wildman–Crippen LogP) is 3.12. The van der Waals surface area contributed by atoms with Gasteiger partial charge in [-0.3, -0.25) is 0 Å². The van der Waals surface area contributed by atoms with Crippen molar-refractivity contribution in [2.24, 2.45) is 0 Å². The number of aromatic hydroxyl groups is 1. The summed E-state index contributed by atoms with van der Waals surface area (Å²) in [6.07, 6.45) is 4.08. The van der Waals surface area contributed by atoms with E-state index in [0.29, 0.717) is 5.75 Å². The molecule has 0 unspecified atom stereocenters. The van der Waals surface area contributed by atoms with Crippen LogP contribution in [0, 0.1) is 0 Å². The van der Waals surface area contributed by atoms with Gasteiger partial charge in [-0.2, -0.15) is 23.5 Å². The highest BCUT2D eigenvalue weighted by atomic mass is 32.2. The Morgan fingerprint density at radius 1 is 1.08 bits per heavy atom. The van der Waals surface area contributed by atoms with Gasteiger partial charge in [0.15, 0.2) is 0 Å². The van der Waals surface area contributed by atoms with Crippen molar-refractivity contribution in [2.75, 3.05) is 12.5 Å². The minimum absolute atomic E-state index is 0.478. The zero-order valence-corrected chi connectivity index (χ0v) is 9.54. The summed E-state index contributed by atoms with van der Waals surface area (Å²) in [5.41, 5.74) is 2.08. The number of rotatable bonds is 4. The number of para-hydroxylation sites is 1. The lowest BCUT2D eigenvalue weighted by atomic mass is 10.1. The predicted molar refractivity (Wildman–Crippen MR) is 62.5 cm³/mol. The van der Waals surface area contributed by atoms with Crippen molar-refractivity contribution in [1.29, 1.82) is 0 Å². The number of benzene rings is 1. The monoisotopic (exact) mass is 214 g/mol. The van der Waals surface area contributed by atoms with Crippen LogP contribution in [0.2, 0.25) is 0 Å². The van der Waals surface area contributed by atoms with Gasteiger partial charge in [-0.15, -0.1) is 0 Å². The standard InChI is InChI=1S/C10H14OS2/c1-12-6-8-4-3-5-9(7-13-2)10(8)11/h3-5,11H,6-7H2,1-2H3. The molecule has 0 aromatic heterocycles. The summed E-state index contributed by atoms with van der Waals surface area (Å²) in [5, 5.41) is 9.82. The second-order valence-corrected chi connectivity index (χ2v) is 4.52. The highest BCUT2D eigenvalue weighted by Crippen LogP contribution is 2.27. The fourth-order valence-electron chi connectivity index (χ4n) is 1.19. The largest absolute Gasteiger partial charge is 0.507 e. The second kappa shape index (κ2) is 5.45. The van der Waals surface area contributed by atoms with Gasteiger partial charge >= 0.3 is 0 Å². The van der Waals surface area contributed by atoms with Gasteiger partial charge in [0, 0.05) is 22.6 Å². The molecule has 72 valence electrons. The van der Waals surface area contributed by atoms with Gasteiger partial charge in [0.2, 0.25) is 0 Å². The highest BCUT2D eigenvalue weighted by molar-refractivity contribution is 7.98. The first-order chi connectivity index (χ1) is 6.29. The van der Waals surface area contributed by atoms with Crippen LogP contribution < -0.4 is 0 Å². The molecule has 0 aliphatic heterocycles. The highest BCUT2D eigenvalue weighted by Gasteiger charge is 2.04. The number of phenols is 1. The smallest absolute Gasteiger partial charge is 0.123 e. The maximum absolute atomic E-state index is 9.82. The minimum atomic E-state index is 0.478.